The topological polar surface area (TPSA) is 43.6 Å². The molecule has 0 N–H and O–H groups in total. The average molecular weight is 361 g/mol. The summed E-state index contributed by atoms with van der Waals surface area (Å²) >= 11 is 12.4. The van der Waals surface area contributed by atoms with Crippen LogP contribution in [0.2, 0.25) is 10.0 Å². The van der Waals surface area contributed by atoms with Gasteiger partial charge in [0.2, 0.25) is 0 Å². The standard InChI is InChI=1S/C18H18Cl2N4/c1-11(2)12(3)24-18(16-15(20)8-5-9-21-16)22-17(23-24)13-6-4-7-14(19)10-13/h4-12H,1-3H3. The first kappa shape index (κ1) is 16.9. The Morgan fingerprint density at radius 2 is 1.83 bits per heavy atom. The molecule has 0 radical (unpaired) electrons. The van der Waals surface area contributed by atoms with Gasteiger partial charge in [-0.05, 0) is 37.1 Å². The minimum Gasteiger partial charge on any atom is -0.251 e. The summed E-state index contributed by atoms with van der Waals surface area (Å²) in [5, 5.41) is 5.91. The van der Waals surface area contributed by atoms with Gasteiger partial charge in [-0.3, -0.25) is 4.98 Å². The van der Waals surface area contributed by atoms with Gasteiger partial charge in [0.05, 0.1) is 11.1 Å². The summed E-state index contributed by atoms with van der Waals surface area (Å²) in [6, 6.07) is 11.3. The molecule has 24 heavy (non-hydrogen) atoms. The quantitative estimate of drug-likeness (QED) is 0.614. The lowest BCUT2D eigenvalue weighted by molar-refractivity contribution is 0.378. The third kappa shape index (κ3) is 3.30. The maximum Gasteiger partial charge on any atom is 0.181 e. The van der Waals surface area contributed by atoms with Crippen LogP contribution >= 0.6 is 23.2 Å². The SMILES string of the molecule is CC(C)C(C)n1nc(-c2cccc(Cl)c2)nc1-c1ncccc1Cl. The van der Waals surface area contributed by atoms with E-state index >= 15 is 0 Å². The molecule has 2 heterocycles. The molecule has 6 heteroatoms. The first-order chi connectivity index (χ1) is 11.5. The highest BCUT2D eigenvalue weighted by Crippen LogP contribution is 2.30. The Labute approximate surface area is 151 Å². The molecule has 0 aliphatic rings. The van der Waals surface area contributed by atoms with Crippen molar-refractivity contribution in [3.8, 4) is 22.9 Å². The first-order valence-electron chi connectivity index (χ1n) is 7.80. The Morgan fingerprint density at radius 1 is 1.04 bits per heavy atom. The Balaban J connectivity index is 2.18. The highest BCUT2D eigenvalue weighted by molar-refractivity contribution is 6.32. The minimum atomic E-state index is 0.151. The molecule has 0 fully saturated rings. The molecule has 4 nitrogen and oxygen atoms in total. The number of hydrogen-bond donors (Lipinski definition) is 0. The smallest absolute Gasteiger partial charge is 0.181 e. The third-order valence-corrected chi connectivity index (χ3v) is 4.58. The number of nitrogens with zero attached hydrogens (tertiary/aromatic N) is 4. The van der Waals surface area contributed by atoms with Crippen LogP contribution in [-0.2, 0) is 0 Å². The summed E-state index contributed by atoms with van der Waals surface area (Å²) in [7, 11) is 0. The lowest BCUT2D eigenvalue weighted by Crippen LogP contribution is -2.14. The summed E-state index contributed by atoms with van der Waals surface area (Å²) < 4.78 is 1.90. The molecule has 0 aliphatic carbocycles. The Morgan fingerprint density at radius 3 is 2.50 bits per heavy atom. The van der Waals surface area contributed by atoms with Crippen molar-refractivity contribution in [2.75, 3.05) is 0 Å². The molecule has 3 rings (SSSR count). The molecule has 0 amide bonds. The largest absolute Gasteiger partial charge is 0.251 e. The fraction of sp³-hybridized carbons (Fsp3) is 0.278. The number of rotatable bonds is 4. The molecule has 0 spiro atoms. The molecule has 1 atom stereocenters. The van der Waals surface area contributed by atoms with Crippen molar-refractivity contribution in [2.24, 2.45) is 5.92 Å². The summed E-state index contributed by atoms with van der Waals surface area (Å²) in [6.07, 6.45) is 1.71. The normalized spacial score (nSPS) is 12.6. The molecule has 0 saturated carbocycles. The molecule has 0 bridgehead atoms. The number of benzene rings is 1. The van der Waals surface area contributed by atoms with E-state index in [0.29, 0.717) is 33.3 Å². The molecule has 124 valence electrons. The van der Waals surface area contributed by atoms with Gasteiger partial charge in [-0.25, -0.2) is 9.67 Å². The molecule has 2 aromatic heterocycles. The number of aromatic nitrogens is 4. The van der Waals surface area contributed by atoms with Crippen molar-refractivity contribution in [2.45, 2.75) is 26.8 Å². The van der Waals surface area contributed by atoms with E-state index in [2.05, 4.69) is 25.8 Å². The van der Waals surface area contributed by atoms with Gasteiger partial charge in [0.15, 0.2) is 11.6 Å². The Hall–Kier alpha value is -1.91. The second kappa shape index (κ2) is 6.91. The molecule has 0 saturated heterocycles. The molecule has 1 aromatic carbocycles. The maximum absolute atomic E-state index is 6.33. The predicted molar refractivity (Wildman–Crippen MR) is 98.3 cm³/mol. The van der Waals surface area contributed by atoms with Crippen molar-refractivity contribution in [3.63, 3.8) is 0 Å². The Bertz CT molecular complexity index is 858. The summed E-state index contributed by atoms with van der Waals surface area (Å²) in [5.41, 5.74) is 1.50. The lowest BCUT2D eigenvalue weighted by Gasteiger charge is -2.18. The second-order valence-electron chi connectivity index (χ2n) is 6.03. The van der Waals surface area contributed by atoms with Gasteiger partial charge in [0.25, 0.3) is 0 Å². The molecule has 3 aromatic rings. The van der Waals surface area contributed by atoms with E-state index in [1.165, 1.54) is 0 Å². The maximum atomic E-state index is 6.33. The van der Waals surface area contributed by atoms with Gasteiger partial charge in [0, 0.05) is 16.8 Å². The zero-order chi connectivity index (χ0) is 17.3. The van der Waals surface area contributed by atoms with Gasteiger partial charge in [-0.15, -0.1) is 0 Å². The monoisotopic (exact) mass is 360 g/mol. The summed E-state index contributed by atoms with van der Waals surface area (Å²) in [4.78, 5) is 9.10. The van der Waals surface area contributed by atoms with Gasteiger partial charge < -0.3 is 0 Å². The molecular weight excluding hydrogens is 343 g/mol. The van der Waals surface area contributed by atoms with E-state index in [9.17, 15) is 0 Å². The summed E-state index contributed by atoms with van der Waals surface area (Å²) in [6.45, 7) is 6.41. The van der Waals surface area contributed by atoms with Crippen molar-refractivity contribution in [1.82, 2.24) is 19.7 Å². The van der Waals surface area contributed by atoms with Crippen molar-refractivity contribution in [1.29, 1.82) is 0 Å². The van der Waals surface area contributed by atoms with E-state index < -0.39 is 0 Å². The van der Waals surface area contributed by atoms with Crippen LogP contribution in [-0.4, -0.2) is 19.7 Å². The highest BCUT2D eigenvalue weighted by atomic mass is 35.5. The van der Waals surface area contributed by atoms with Crippen LogP contribution in [0, 0.1) is 5.92 Å². The van der Waals surface area contributed by atoms with Gasteiger partial charge >= 0.3 is 0 Å². The fourth-order valence-corrected chi connectivity index (χ4v) is 2.75. The minimum absolute atomic E-state index is 0.151. The number of hydrogen-bond acceptors (Lipinski definition) is 3. The van der Waals surface area contributed by atoms with E-state index in [4.69, 9.17) is 33.3 Å². The number of pyridine rings is 1. The van der Waals surface area contributed by atoms with Crippen LogP contribution in [0.1, 0.15) is 26.8 Å². The van der Waals surface area contributed by atoms with Crippen LogP contribution in [0.5, 0.6) is 0 Å². The van der Waals surface area contributed by atoms with E-state index in [1.54, 1.807) is 12.3 Å². The van der Waals surface area contributed by atoms with Crippen LogP contribution in [0.3, 0.4) is 0 Å². The van der Waals surface area contributed by atoms with E-state index in [1.807, 2.05) is 35.0 Å². The fourth-order valence-electron chi connectivity index (χ4n) is 2.35. The van der Waals surface area contributed by atoms with Crippen molar-refractivity contribution >= 4 is 23.2 Å². The zero-order valence-corrected chi connectivity index (χ0v) is 15.3. The third-order valence-electron chi connectivity index (χ3n) is 4.03. The lowest BCUT2D eigenvalue weighted by atomic mass is 10.1. The van der Waals surface area contributed by atoms with Gasteiger partial charge in [-0.2, -0.15) is 5.10 Å². The molecule has 1 unspecified atom stereocenters. The number of halogens is 2. The van der Waals surface area contributed by atoms with Crippen LogP contribution in [0.4, 0.5) is 0 Å². The Kier molecular flexibility index (Phi) is 4.88. The zero-order valence-electron chi connectivity index (χ0n) is 13.7. The van der Waals surface area contributed by atoms with E-state index in [0.717, 1.165) is 5.56 Å². The second-order valence-corrected chi connectivity index (χ2v) is 6.88. The first-order valence-corrected chi connectivity index (χ1v) is 8.56. The average Bonchev–Trinajstić information content (AvgIpc) is 2.99. The molecule has 0 aliphatic heterocycles. The predicted octanol–water partition coefficient (Wildman–Crippen LogP) is 5.53. The van der Waals surface area contributed by atoms with Crippen molar-refractivity contribution in [3.05, 3.63) is 52.6 Å². The van der Waals surface area contributed by atoms with Gasteiger partial charge in [0.1, 0.15) is 5.69 Å². The van der Waals surface area contributed by atoms with E-state index in [-0.39, 0.29) is 6.04 Å². The van der Waals surface area contributed by atoms with Gasteiger partial charge in [-0.1, -0.05) is 49.2 Å². The highest BCUT2D eigenvalue weighted by Gasteiger charge is 2.22. The van der Waals surface area contributed by atoms with Crippen LogP contribution in [0.15, 0.2) is 42.6 Å². The van der Waals surface area contributed by atoms with Crippen LogP contribution < -0.4 is 0 Å². The van der Waals surface area contributed by atoms with Crippen LogP contribution in [0.25, 0.3) is 22.9 Å². The molecular formula is C18H18Cl2N4. The summed E-state index contributed by atoms with van der Waals surface area (Å²) in [5.74, 6) is 1.67. The van der Waals surface area contributed by atoms with Crippen molar-refractivity contribution < 1.29 is 0 Å².